The first-order valence-corrected chi connectivity index (χ1v) is 7.51. The van der Waals surface area contributed by atoms with E-state index in [2.05, 4.69) is 4.98 Å². The number of hydrogen-bond acceptors (Lipinski definition) is 6. The number of sulfonamides is 1. The van der Waals surface area contributed by atoms with Crippen LogP contribution in [0.4, 0.5) is 0 Å². The summed E-state index contributed by atoms with van der Waals surface area (Å²) in [5.74, 6) is -0.983. The molecule has 1 aromatic heterocycles. The minimum Gasteiger partial charge on any atom is -0.480 e. The van der Waals surface area contributed by atoms with E-state index in [0.29, 0.717) is 0 Å². The third-order valence-corrected chi connectivity index (χ3v) is 5.00. The second-order valence-electron chi connectivity index (χ2n) is 4.51. The minimum atomic E-state index is -4.02. The van der Waals surface area contributed by atoms with Crippen molar-refractivity contribution in [2.75, 3.05) is 32.7 Å². The number of H-pyrrole nitrogens is 2. The van der Waals surface area contributed by atoms with Crippen LogP contribution in [0.25, 0.3) is 0 Å². The van der Waals surface area contributed by atoms with Gasteiger partial charge in [-0.3, -0.25) is 19.5 Å². The number of aliphatic carboxylic acids is 1. The number of nitrogens with zero attached hydrogens (tertiary/aromatic N) is 2. The van der Waals surface area contributed by atoms with Gasteiger partial charge in [0.2, 0.25) is 10.0 Å². The van der Waals surface area contributed by atoms with Gasteiger partial charge in [-0.15, -0.1) is 0 Å². The van der Waals surface area contributed by atoms with Gasteiger partial charge in [0.1, 0.15) is 0 Å². The number of aromatic nitrogens is 2. The number of aromatic amines is 2. The number of nitrogens with one attached hydrogen (secondary N) is 2. The fourth-order valence-corrected chi connectivity index (χ4v) is 3.46. The van der Waals surface area contributed by atoms with Gasteiger partial charge in [0.25, 0.3) is 5.56 Å². The number of carbonyl (C=O) groups is 1. The van der Waals surface area contributed by atoms with Crippen LogP contribution < -0.4 is 11.2 Å². The number of hydrogen-bond donors (Lipinski definition) is 3. The molecule has 2 heterocycles. The molecule has 0 aromatic carbocycles. The van der Waals surface area contributed by atoms with Gasteiger partial charge in [-0.2, -0.15) is 4.31 Å². The van der Waals surface area contributed by atoms with Crippen molar-refractivity contribution >= 4 is 16.0 Å². The molecule has 1 saturated heterocycles. The van der Waals surface area contributed by atoms with E-state index in [4.69, 9.17) is 5.11 Å². The summed E-state index contributed by atoms with van der Waals surface area (Å²) < 4.78 is 25.7. The number of carboxylic acids is 1. The zero-order chi connectivity index (χ0) is 15.6. The average molecular weight is 318 g/mol. The molecule has 11 heteroatoms. The monoisotopic (exact) mass is 318 g/mol. The van der Waals surface area contributed by atoms with Gasteiger partial charge in [-0.1, -0.05) is 0 Å². The van der Waals surface area contributed by atoms with E-state index in [1.54, 1.807) is 4.90 Å². The topological polar surface area (TPSA) is 144 Å². The molecule has 21 heavy (non-hydrogen) atoms. The standard InChI is InChI=1S/C10H14N4O6S/c15-8(16)6-13-1-3-14(4-2-13)21(19,20)7-5-11-10(18)12-9(7)17/h5H,1-4,6H2,(H,15,16)(H2,11,12,17,18). The maximum Gasteiger partial charge on any atom is 0.325 e. The van der Waals surface area contributed by atoms with Crippen LogP contribution >= 0.6 is 0 Å². The minimum absolute atomic E-state index is 0.0776. The molecule has 1 aromatic rings. The molecule has 0 spiro atoms. The summed E-state index contributed by atoms with van der Waals surface area (Å²) in [6, 6.07) is 0. The zero-order valence-electron chi connectivity index (χ0n) is 10.9. The molecule has 0 saturated carbocycles. The lowest BCUT2D eigenvalue weighted by molar-refractivity contribution is -0.138. The van der Waals surface area contributed by atoms with Crippen LogP contribution in [0.1, 0.15) is 0 Å². The lowest BCUT2D eigenvalue weighted by Crippen LogP contribution is -2.50. The molecule has 1 fully saturated rings. The summed E-state index contributed by atoms with van der Waals surface area (Å²) in [5.41, 5.74) is -1.77. The Morgan fingerprint density at radius 2 is 1.86 bits per heavy atom. The highest BCUT2D eigenvalue weighted by Gasteiger charge is 2.31. The lowest BCUT2D eigenvalue weighted by atomic mass is 10.3. The molecule has 0 atom stereocenters. The Bertz CT molecular complexity index is 743. The van der Waals surface area contributed by atoms with Crippen LogP contribution in [0.5, 0.6) is 0 Å². The highest BCUT2D eigenvalue weighted by atomic mass is 32.2. The van der Waals surface area contributed by atoms with E-state index in [0.717, 1.165) is 10.5 Å². The van der Waals surface area contributed by atoms with E-state index in [-0.39, 0.29) is 32.7 Å². The molecule has 3 N–H and O–H groups in total. The largest absolute Gasteiger partial charge is 0.480 e. The summed E-state index contributed by atoms with van der Waals surface area (Å²) in [6.07, 6.45) is 0.861. The van der Waals surface area contributed by atoms with Crippen molar-refractivity contribution in [1.29, 1.82) is 0 Å². The third-order valence-electron chi connectivity index (χ3n) is 3.09. The maximum absolute atomic E-state index is 12.3. The van der Waals surface area contributed by atoms with Crippen molar-refractivity contribution in [1.82, 2.24) is 19.2 Å². The van der Waals surface area contributed by atoms with Crippen LogP contribution in [0.3, 0.4) is 0 Å². The summed E-state index contributed by atoms with van der Waals surface area (Å²) in [7, 11) is -4.02. The number of carboxylic acid groups (broad SMARTS) is 1. The predicted molar refractivity (Wildman–Crippen MR) is 70.5 cm³/mol. The van der Waals surface area contributed by atoms with E-state index in [1.165, 1.54) is 0 Å². The Kier molecular flexibility index (Phi) is 4.25. The molecule has 2 rings (SSSR count). The SMILES string of the molecule is O=C(O)CN1CCN(S(=O)(=O)c2c[nH]c(=O)[nH]c2=O)CC1. The first-order valence-electron chi connectivity index (χ1n) is 6.07. The Labute approximate surface area is 119 Å². The van der Waals surface area contributed by atoms with E-state index < -0.39 is 32.1 Å². The molecular weight excluding hydrogens is 304 g/mol. The molecule has 1 aliphatic heterocycles. The summed E-state index contributed by atoms with van der Waals surface area (Å²) >= 11 is 0. The van der Waals surface area contributed by atoms with Crippen molar-refractivity contribution in [3.63, 3.8) is 0 Å². The van der Waals surface area contributed by atoms with Gasteiger partial charge in [-0.25, -0.2) is 13.2 Å². The molecular formula is C10H14N4O6S. The molecule has 0 unspecified atom stereocenters. The van der Waals surface area contributed by atoms with E-state index in [9.17, 15) is 22.8 Å². The van der Waals surface area contributed by atoms with Gasteiger partial charge >= 0.3 is 11.7 Å². The average Bonchev–Trinajstić information content (AvgIpc) is 2.38. The summed E-state index contributed by atoms with van der Waals surface area (Å²) in [6.45, 7) is 0.509. The Morgan fingerprint density at radius 1 is 1.24 bits per heavy atom. The molecule has 1 aliphatic rings. The van der Waals surface area contributed by atoms with Crippen molar-refractivity contribution < 1.29 is 18.3 Å². The zero-order valence-corrected chi connectivity index (χ0v) is 11.7. The molecule has 0 amide bonds. The summed E-state index contributed by atoms with van der Waals surface area (Å²) in [4.78, 5) is 38.1. The number of piperazine rings is 1. The molecule has 0 bridgehead atoms. The van der Waals surface area contributed by atoms with Gasteiger partial charge in [-0.05, 0) is 0 Å². The normalized spacial score (nSPS) is 17.7. The first kappa shape index (κ1) is 15.4. The number of rotatable bonds is 4. The second-order valence-corrected chi connectivity index (χ2v) is 6.42. The van der Waals surface area contributed by atoms with Crippen LogP contribution in [0.2, 0.25) is 0 Å². The fourth-order valence-electron chi connectivity index (χ4n) is 2.05. The molecule has 0 radical (unpaired) electrons. The Balaban J connectivity index is 2.17. The van der Waals surface area contributed by atoms with E-state index in [1.807, 2.05) is 4.98 Å². The van der Waals surface area contributed by atoms with Crippen LogP contribution in [0, 0.1) is 0 Å². The van der Waals surface area contributed by atoms with Crippen molar-refractivity contribution in [3.05, 3.63) is 27.0 Å². The van der Waals surface area contributed by atoms with Gasteiger partial charge in [0, 0.05) is 32.4 Å². The van der Waals surface area contributed by atoms with Crippen molar-refractivity contribution in [2.24, 2.45) is 0 Å². The molecule has 10 nitrogen and oxygen atoms in total. The van der Waals surface area contributed by atoms with Crippen molar-refractivity contribution in [3.8, 4) is 0 Å². The van der Waals surface area contributed by atoms with Crippen LogP contribution in [0.15, 0.2) is 20.7 Å². The molecule has 116 valence electrons. The summed E-state index contributed by atoms with van der Waals surface area (Å²) in [5, 5.41) is 8.68. The van der Waals surface area contributed by atoms with Gasteiger partial charge in [0.15, 0.2) is 4.90 Å². The maximum atomic E-state index is 12.3. The molecule has 0 aliphatic carbocycles. The second kappa shape index (κ2) is 5.79. The smallest absolute Gasteiger partial charge is 0.325 e. The van der Waals surface area contributed by atoms with E-state index >= 15 is 0 Å². The quantitative estimate of drug-likeness (QED) is 0.554. The van der Waals surface area contributed by atoms with Gasteiger partial charge < -0.3 is 10.1 Å². The predicted octanol–water partition coefficient (Wildman–Crippen LogP) is -2.55. The van der Waals surface area contributed by atoms with Crippen LogP contribution in [-0.4, -0.2) is 71.4 Å². The lowest BCUT2D eigenvalue weighted by Gasteiger charge is -2.32. The van der Waals surface area contributed by atoms with Crippen molar-refractivity contribution in [2.45, 2.75) is 4.90 Å². The van der Waals surface area contributed by atoms with Crippen LogP contribution in [-0.2, 0) is 14.8 Å². The highest BCUT2D eigenvalue weighted by Crippen LogP contribution is 2.13. The first-order chi connectivity index (χ1) is 9.80. The Hall–Kier alpha value is -1.98. The van der Waals surface area contributed by atoms with Gasteiger partial charge in [0.05, 0.1) is 6.54 Å². The fraction of sp³-hybridized carbons (Fsp3) is 0.500. The highest BCUT2D eigenvalue weighted by molar-refractivity contribution is 7.89. The third kappa shape index (κ3) is 3.37. The Morgan fingerprint density at radius 3 is 2.38 bits per heavy atom.